The van der Waals surface area contributed by atoms with Crippen molar-refractivity contribution in [2.45, 2.75) is 65.4 Å². The van der Waals surface area contributed by atoms with Crippen LogP contribution in [0.4, 0.5) is 0 Å². The predicted molar refractivity (Wildman–Crippen MR) is 66.7 cm³/mol. The third-order valence-corrected chi connectivity index (χ3v) is 3.19. The smallest absolute Gasteiger partial charge is 0.339 e. The van der Waals surface area contributed by atoms with Gasteiger partial charge in [0.15, 0.2) is 0 Å². The second-order valence-corrected chi connectivity index (χ2v) is 4.50. The van der Waals surface area contributed by atoms with E-state index in [-0.39, 0.29) is 5.92 Å². The van der Waals surface area contributed by atoms with Gasteiger partial charge in [0.25, 0.3) is 0 Å². The van der Waals surface area contributed by atoms with E-state index in [0.717, 1.165) is 25.7 Å². The SMILES string of the molecule is CCCCOOC(CC)(C(=O)O)C(C)CCC. The predicted octanol–water partition coefficient (Wildman–Crippen LogP) is 3.40. The summed E-state index contributed by atoms with van der Waals surface area (Å²) in [4.78, 5) is 21.8. The van der Waals surface area contributed by atoms with E-state index in [1.54, 1.807) is 0 Å². The van der Waals surface area contributed by atoms with E-state index < -0.39 is 11.6 Å². The standard InChI is InChI=1S/C13H26O4/c1-5-8-10-16-17-13(7-3,12(14)15)11(4)9-6-2/h11H,5-10H2,1-4H3,(H,14,15). The molecule has 0 bridgehead atoms. The fourth-order valence-electron chi connectivity index (χ4n) is 1.90. The van der Waals surface area contributed by atoms with Gasteiger partial charge in [0.2, 0.25) is 5.60 Å². The number of aliphatic carboxylic acids is 1. The van der Waals surface area contributed by atoms with Crippen molar-refractivity contribution >= 4 is 5.97 Å². The lowest BCUT2D eigenvalue weighted by molar-refractivity contribution is -0.365. The Morgan fingerprint density at radius 2 is 1.94 bits per heavy atom. The Morgan fingerprint density at radius 1 is 1.29 bits per heavy atom. The maximum absolute atomic E-state index is 11.4. The van der Waals surface area contributed by atoms with Gasteiger partial charge in [-0.05, 0) is 25.2 Å². The van der Waals surface area contributed by atoms with Crippen molar-refractivity contribution in [2.24, 2.45) is 5.92 Å². The molecule has 0 aromatic heterocycles. The molecule has 4 nitrogen and oxygen atoms in total. The molecule has 102 valence electrons. The van der Waals surface area contributed by atoms with Crippen LogP contribution in [0.25, 0.3) is 0 Å². The summed E-state index contributed by atoms with van der Waals surface area (Å²) in [6.07, 6.45) is 4.04. The average molecular weight is 246 g/mol. The van der Waals surface area contributed by atoms with Gasteiger partial charge in [-0.3, -0.25) is 0 Å². The van der Waals surface area contributed by atoms with Gasteiger partial charge < -0.3 is 5.11 Å². The highest BCUT2D eigenvalue weighted by Gasteiger charge is 2.44. The summed E-state index contributed by atoms with van der Waals surface area (Å²) in [5.41, 5.74) is -1.20. The Kier molecular flexibility index (Phi) is 8.17. The van der Waals surface area contributed by atoms with Crippen LogP contribution in [0.15, 0.2) is 0 Å². The quantitative estimate of drug-likeness (QED) is 0.364. The van der Waals surface area contributed by atoms with Crippen LogP contribution in [-0.2, 0) is 14.6 Å². The second-order valence-electron chi connectivity index (χ2n) is 4.50. The minimum absolute atomic E-state index is 0.0587. The van der Waals surface area contributed by atoms with Gasteiger partial charge in [-0.15, -0.1) is 0 Å². The van der Waals surface area contributed by atoms with Crippen molar-refractivity contribution in [1.82, 2.24) is 0 Å². The van der Waals surface area contributed by atoms with E-state index in [1.165, 1.54) is 0 Å². The fraction of sp³-hybridized carbons (Fsp3) is 0.923. The zero-order valence-electron chi connectivity index (χ0n) is 11.5. The molecular formula is C13H26O4. The maximum Gasteiger partial charge on any atom is 0.339 e. The molecule has 0 heterocycles. The molecule has 2 unspecified atom stereocenters. The maximum atomic E-state index is 11.4. The summed E-state index contributed by atoms with van der Waals surface area (Å²) in [7, 11) is 0. The van der Waals surface area contributed by atoms with Crippen LogP contribution in [0.1, 0.15) is 59.8 Å². The fourth-order valence-corrected chi connectivity index (χ4v) is 1.90. The number of hydrogen-bond donors (Lipinski definition) is 1. The zero-order valence-corrected chi connectivity index (χ0v) is 11.5. The van der Waals surface area contributed by atoms with Crippen molar-refractivity contribution in [2.75, 3.05) is 6.61 Å². The molecule has 0 rings (SSSR count). The van der Waals surface area contributed by atoms with Crippen LogP contribution in [0.5, 0.6) is 0 Å². The molecule has 0 saturated carbocycles. The van der Waals surface area contributed by atoms with Gasteiger partial charge >= 0.3 is 5.97 Å². The highest BCUT2D eigenvalue weighted by Crippen LogP contribution is 2.30. The monoisotopic (exact) mass is 246 g/mol. The minimum atomic E-state index is -1.20. The van der Waals surface area contributed by atoms with Crippen LogP contribution >= 0.6 is 0 Å². The number of carboxylic acids is 1. The van der Waals surface area contributed by atoms with Crippen LogP contribution in [0.2, 0.25) is 0 Å². The Labute approximate surface area is 104 Å². The first-order valence-electron chi connectivity index (χ1n) is 6.59. The molecule has 4 heteroatoms. The molecule has 0 amide bonds. The van der Waals surface area contributed by atoms with E-state index in [9.17, 15) is 9.90 Å². The van der Waals surface area contributed by atoms with Gasteiger partial charge in [0, 0.05) is 0 Å². The van der Waals surface area contributed by atoms with E-state index in [0.29, 0.717) is 13.0 Å². The molecule has 0 aliphatic heterocycles. The van der Waals surface area contributed by atoms with Crippen LogP contribution in [0, 0.1) is 5.92 Å². The van der Waals surface area contributed by atoms with E-state index in [1.807, 2.05) is 27.7 Å². The van der Waals surface area contributed by atoms with Crippen LogP contribution < -0.4 is 0 Å². The number of carboxylic acid groups (broad SMARTS) is 1. The molecule has 0 radical (unpaired) electrons. The largest absolute Gasteiger partial charge is 0.479 e. The molecule has 0 saturated heterocycles. The molecule has 0 aliphatic rings. The van der Waals surface area contributed by atoms with E-state index in [2.05, 4.69) is 0 Å². The lowest BCUT2D eigenvalue weighted by atomic mass is 9.83. The molecule has 0 spiro atoms. The first-order valence-corrected chi connectivity index (χ1v) is 6.59. The Morgan fingerprint density at radius 3 is 2.35 bits per heavy atom. The number of hydrogen-bond acceptors (Lipinski definition) is 3. The molecule has 1 N–H and O–H groups in total. The first-order chi connectivity index (χ1) is 8.05. The van der Waals surface area contributed by atoms with Crippen molar-refractivity contribution in [1.29, 1.82) is 0 Å². The van der Waals surface area contributed by atoms with Crippen molar-refractivity contribution in [3.05, 3.63) is 0 Å². The summed E-state index contributed by atoms with van der Waals surface area (Å²) in [6, 6.07) is 0. The van der Waals surface area contributed by atoms with Crippen molar-refractivity contribution in [3.8, 4) is 0 Å². The third kappa shape index (κ3) is 4.64. The first kappa shape index (κ1) is 16.4. The van der Waals surface area contributed by atoms with Gasteiger partial charge in [-0.2, -0.15) is 0 Å². The highest BCUT2D eigenvalue weighted by molar-refractivity contribution is 5.77. The summed E-state index contributed by atoms with van der Waals surface area (Å²) in [6.45, 7) is 8.27. The average Bonchev–Trinajstić information content (AvgIpc) is 2.29. The Balaban J connectivity index is 4.53. The molecule has 2 atom stereocenters. The van der Waals surface area contributed by atoms with Gasteiger partial charge in [0.1, 0.15) is 0 Å². The minimum Gasteiger partial charge on any atom is -0.479 e. The normalized spacial score (nSPS) is 16.5. The molecule has 0 fully saturated rings. The summed E-state index contributed by atoms with van der Waals surface area (Å²) >= 11 is 0. The summed E-state index contributed by atoms with van der Waals surface area (Å²) in [5.74, 6) is -0.992. The lowest BCUT2D eigenvalue weighted by Gasteiger charge is -2.32. The molecule has 17 heavy (non-hydrogen) atoms. The Hall–Kier alpha value is -0.610. The molecule has 0 aromatic carbocycles. The highest BCUT2D eigenvalue weighted by atomic mass is 17.2. The topological polar surface area (TPSA) is 55.8 Å². The molecule has 0 aliphatic carbocycles. The number of rotatable bonds is 10. The second kappa shape index (κ2) is 8.48. The van der Waals surface area contributed by atoms with Gasteiger partial charge in [-0.1, -0.05) is 40.5 Å². The number of unbranched alkanes of at least 4 members (excludes halogenated alkanes) is 1. The van der Waals surface area contributed by atoms with Crippen LogP contribution in [-0.4, -0.2) is 23.3 Å². The van der Waals surface area contributed by atoms with Gasteiger partial charge in [-0.25, -0.2) is 14.6 Å². The molecule has 0 aromatic rings. The molecular weight excluding hydrogens is 220 g/mol. The third-order valence-electron chi connectivity index (χ3n) is 3.19. The van der Waals surface area contributed by atoms with Crippen molar-refractivity contribution in [3.63, 3.8) is 0 Å². The summed E-state index contributed by atoms with van der Waals surface area (Å²) in [5, 5.41) is 9.37. The van der Waals surface area contributed by atoms with Crippen molar-refractivity contribution < 1.29 is 19.7 Å². The van der Waals surface area contributed by atoms with E-state index >= 15 is 0 Å². The zero-order chi connectivity index (χ0) is 13.3. The van der Waals surface area contributed by atoms with Gasteiger partial charge in [0.05, 0.1) is 6.61 Å². The Bertz CT molecular complexity index is 217. The number of carbonyl (C=O) groups is 1. The summed E-state index contributed by atoms with van der Waals surface area (Å²) < 4.78 is 0. The van der Waals surface area contributed by atoms with Crippen LogP contribution in [0.3, 0.4) is 0 Å². The van der Waals surface area contributed by atoms with E-state index in [4.69, 9.17) is 9.78 Å². The lowest BCUT2D eigenvalue weighted by Crippen LogP contribution is -2.47.